The van der Waals surface area contributed by atoms with Crippen molar-refractivity contribution in [3.8, 4) is 5.75 Å². The molecule has 3 nitrogen and oxygen atoms in total. The van der Waals surface area contributed by atoms with Gasteiger partial charge in [-0.15, -0.1) is 0 Å². The summed E-state index contributed by atoms with van der Waals surface area (Å²) in [7, 11) is 0. The van der Waals surface area contributed by atoms with E-state index in [0.29, 0.717) is 12.2 Å². The molecule has 1 aromatic rings. The maximum atomic E-state index is 11.0. The molecular formula is C14H21NO2. The van der Waals surface area contributed by atoms with E-state index in [0.717, 1.165) is 6.42 Å². The first-order valence-corrected chi connectivity index (χ1v) is 6.22. The normalized spacial score (nSPS) is 12.1. The Morgan fingerprint density at radius 3 is 2.41 bits per heavy atom. The molecule has 0 heterocycles. The molecule has 0 aliphatic heterocycles. The lowest BCUT2D eigenvalue weighted by atomic mass is 10.1. The van der Waals surface area contributed by atoms with Gasteiger partial charge < -0.3 is 10.5 Å². The molecule has 0 aromatic heterocycles. The Labute approximate surface area is 103 Å². The summed E-state index contributed by atoms with van der Waals surface area (Å²) in [4.78, 5) is 11.0. The number of carbonyl (C=O) groups excluding carboxylic acids is 1. The predicted molar refractivity (Wildman–Crippen MR) is 69.0 cm³/mol. The second kappa shape index (κ2) is 6.94. The molecule has 0 bridgehead atoms. The van der Waals surface area contributed by atoms with Crippen molar-refractivity contribution in [1.29, 1.82) is 0 Å². The lowest BCUT2D eigenvalue weighted by Crippen LogP contribution is -2.32. The molecular weight excluding hydrogens is 214 g/mol. The third-order valence-electron chi connectivity index (χ3n) is 2.71. The van der Waals surface area contributed by atoms with Gasteiger partial charge in [0.25, 0.3) is 5.91 Å². The largest absolute Gasteiger partial charge is 0.481 e. The highest BCUT2D eigenvalue weighted by atomic mass is 16.5. The number of rotatable bonds is 7. The van der Waals surface area contributed by atoms with Crippen molar-refractivity contribution >= 4 is 5.91 Å². The molecule has 94 valence electrons. The summed E-state index contributed by atoms with van der Waals surface area (Å²) in [6, 6.07) is 7.88. The average Bonchev–Trinajstić information content (AvgIpc) is 2.34. The highest BCUT2D eigenvalue weighted by molar-refractivity contribution is 5.79. The van der Waals surface area contributed by atoms with Crippen molar-refractivity contribution in [1.82, 2.24) is 0 Å². The Hall–Kier alpha value is -1.51. The standard InChI is InChI=1S/C14H21NO2/c1-3-5-6-11-7-9-12(10-8-11)17-13(4-2)14(15)16/h7-10,13H,3-6H2,1-2H3,(H2,15,16). The summed E-state index contributed by atoms with van der Waals surface area (Å²) in [6.45, 7) is 4.06. The molecule has 0 saturated heterocycles. The molecule has 17 heavy (non-hydrogen) atoms. The quantitative estimate of drug-likeness (QED) is 0.790. The van der Waals surface area contributed by atoms with Gasteiger partial charge in [-0.25, -0.2) is 0 Å². The molecule has 1 aromatic carbocycles. The van der Waals surface area contributed by atoms with E-state index in [2.05, 4.69) is 6.92 Å². The summed E-state index contributed by atoms with van der Waals surface area (Å²) < 4.78 is 5.51. The van der Waals surface area contributed by atoms with E-state index in [4.69, 9.17) is 10.5 Å². The van der Waals surface area contributed by atoms with Gasteiger partial charge in [-0.3, -0.25) is 4.79 Å². The van der Waals surface area contributed by atoms with Crippen LogP contribution in [0.2, 0.25) is 0 Å². The van der Waals surface area contributed by atoms with E-state index in [-0.39, 0.29) is 0 Å². The second-order valence-electron chi connectivity index (χ2n) is 4.16. The first-order chi connectivity index (χ1) is 8.17. The number of nitrogens with two attached hydrogens (primary N) is 1. The Morgan fingerprint density at radius 2 is 1.94 bits per heavy atom. The van der Waals surface area contributed by atoms with Gasteiger partial charge in [0.05, 0.1) is 0 Å². The van der Waals surface area contributed by atoms with Gasteiger partial charge >= 0.3 is 0 Å². The van der Waals surface area contributed by atoms with E-state index in [1.807, 2.05) is 31.2 Å². The van der Waals surface area contributed by atoms with Gasteiger partial charge in [-0.2, -0.15) is 0 Å². The van der Waals surface area contributed by atoms with Crippen LogP contribution in [0.3, 0.4) is 0 Å². The van der Waals surface area contributed by atoms with Gasteiger partial charge in [-0.05, 0) is 37.0 Å². The van der Waals surface area contributed by atoms with E-state index in [1.165, 1.54) is 18.4 Å². The number of unbranched alkanes of at least 4 members (excludes halogenated alkanes) is 1. The highest BCUT2D eigenvalue weighted by Gasteiger charge is 2.14. The van der Waals surface area contributed by atoms with Crippen LogP contribution in [0.25, 0.3) is 0 Å². The molecule has 1 rings (SSSR count). The van der Waals surface area contributed by atoms with Crippen LogP contribution >= 0.6 is 0 Å². The summed E-state index contributed by atoms with van der Waals surface area (Å²) in [5, 5.41) is 0. The van der Waals surface area contributed by atoms with E-state index in [9.17, 15) is 4.79 Å². The molecule has 0 radical (unpaired) electrons. The van der Waals surface area contributed by atoms with Gasteiger partial charge in [-0.1, -0.05) is 32.4 Å². The van der Waals surface area contributed by atoms with Gasteiger partial charge in [0.1, 0.15) is 5.75 Å². The zero-order valence-corrected chi connectivity index (χ0v) is 10.6. The van der Waals surface area contributed by atoms with Crippen molar-refractivity contribution in [3.63, 3.8) is 0 Å². The SMILES string of the molecule is CCCCc1ccc(OC(CC)C(N)=O)cc1. The fourth-order valence-corrected chi connectivity index (χ4v) is 1.62. The summed E-state index contributed by atoms with van der Waals surface area (Å²) in [5.74, 6) is 0.290. The fourth-order valence-electron chi connectivity index (χ4n) is 1.62. The number of amides is 1. The fraction of sp³-hybridized carbons (Fsp3) is 0.500. The lowest BCUT2D eigenvalue weighted by Gasteiger charge is -2.14. The smallest absolute Gasteiger partial charge is 0.258 e. The van der Waals surface area contributed by atoms with Crippen LogP contribution in [0.5, 0.6) is 5.75 Å². The molecule has 1 unspecified atom stereocenters. The topological polar surface area (TPSA) is 52.3 Å². The maximum Gasteiger partial charge on any atom is 0.258 e. The third kappa shape index (κ3) is 4.47. The number of primary amides is 1. The number of carbonyl (C=O) groups is 1. The minimum absolute atomic E-state index is 0.414. The van der Waals surface area contributed by atoms with Gasteiger partial charge in [0, 0.05) is 0 Å². The van der Waals surface area contributed by atoms with Crippen molar-refractivity contribution in [2.75, 3.05) is 0 Å². The van der Waals surface area contributed by atoms with Crippen LogP contribution in [-0.4, -0.2) is 12.0 Å². The van der Waals surface area contributed by atoms with E-state index in [1.54, 1.807) is 0 Å². The maximum absolute atomic E-state index is 11.0. The molecule has 0 saturated carbocycles. The molecule has 0 aliphatic rings. The zero-order chi connectivity index (χ0) is 12.7. The molecule has 1 amide bonds. The van der Waals surface area contributed by atoms with Gasteiger partial charge in [0.15, 0.2) is 6.10 Å². The van der Waals surface area contributed by atoms with Crippen LogP contribution in [0.1, 0.15) is 38.7 Å². The Balaban J connectivity index is 2.58. The summed E-state index contributed by atoms with van der Waals surface area (Å²) in [6.07, 6.45) is 3.53. The summed E-state index contributed by atoms with van der Waals surface area (Å²) in [5.41, 5.74) is 6.52. The van der Waals surface area contributed by atoms with Crippen molar-refractivity contribution in [3.05, 3.63) is 29.8 Å². The zero-order valence-electron chi connectivity index (χ0n) is 10.6. The number of ether oxygens (including phenoxy) is 1. The van der Waals surface area contributed by atoms with Crippen molar-refractivity contribution in [2.45, 2.75) is 45.6 Å². The lowest BCUT2D eigenvalue weighted by molar-refractivity contribution is -0.124. The van der Waals surface area contributed by atoms with Crippen LogP contribution in [0.4, 0.5) is 0 Å². The number of aryl methyl sites for hydroxylation is 1. The Bertz CT molecular complexity index is 346. The average molecular weight is 235 g/mol. The third-order valence-corrected chi connectivity index (χ3v) is 2.71. The van der Waals surface area contributed by atoms with E-state index < -0.39 is 12.0 Å². The molecule has 1 atom stereocenters. The van der Waals surface area contributed by atoms with Crippen molar-refractivity contribution in [2.24, 2.45) is 5.73 Å². The number of benzene rings is 1. The van der Waals surface area contributed by atoms with Crippen LogP contribution < -0.4 is 10.5 Å². The number of hydrogen-bond acceptors (Lipinski definition) is 2. The number of hydrogen-bond donors (Lipinski definition) is 1. The monoisotopic (exact) mass is 235 g/mol. The highest BCUT2D eigenvalue weighted by Crippen LogP contribution is 2.16. The molecule has 0 spiro atoms. The second-order valence-corrected chi connectivity index (χ2v) is 4.16. The summed E-state index contributed by atoms with van der Waals surface area (Å²) >= 11 is 0. The molecule has 2 N–H and O–H groups in total. The Kier molecular flexibility index (Phi) is 5.53. The minimum Gasteiger partial charge on any atom is -0.481 e. The molecule has 3 heteroatoms. The Morgan fingerprint density at radius 1 is 1.29 bits per heavy atom. The minimum atomic E-state index is -0.531. The first-order valence-electron chi connectivity index (χ1n) is 6.22. The van der Waals surface area contributed by atoms with Crippen LogP contribution in [0, 0.1) is 0 Å². The van der Waals surface area contributed by atoms with Crippen LogP contribution in [0.15, 0.2) is 24.3 Å². The predicted octanol–water partition coefficient (Wildman–Crippen LogP) is 2.67. The van der Waals surface area contributed by atoms with Crippen LogP contribution in [-0.2, 0) is 11.2 Å². The molecule has 0 fully saturated rings. The first kappa shape index (κ1) is 13.6. The van der Waals surface area contributed by atoms with Crippen molar-refractivity contribution < 1.29 is 9.53 Å². The molecule has 0 aliphatic carbocycles. The van der Waals surface area contributed by atoms with Gasteiger partial charge in [0.2, 0.25) is 0 Å². The van der Waals surface area contributed by atoms with E-state index >= 15 is 0 Å².